The normalized spacial score (nSPS) is 10.2. The SMILES string of the molecule is Cc1ccc(OCCc2ccccn2)c(C(=N)N)c1. The smallest absolute Gasteiger partial charge is 0.130 e. The lowest BCUT2D eigenvalue weighted by Gasteiger charge is -2.11. The second-order valence-electron chi connectivity index (χ2n) is 4.33. The van der Waals surface area contributed by atoms with E-state index < -0.39 is 0 Å². The van der Waals surface area contributed by atoms with Crippen LogP contribution in [0.4, 0.5) is 0 Å². The topological polar surface area (TPSA) is 72.0 Å². The van der Waals surface area contributed by atoms with Gasteiger partial charge in [-0.15, -0.1) is 0 Å². The van der Waals surface area contributed by atoms with E-state index in [1.807, 2.05) is 43.3 Å². The quantitative estimate of drug-likeness (QED) is 0.636. The number of rotatable bonds is 5. The maximum atomic E-state index is 7.56. The lowest BCUT2D eigenvalue weighted by atomic mass is 10.1. The summed E-state index contributed by atoms with van der Waals surface area (Å²) >= 11 is 0. The maximum absolute atomic E-state index is 7.56. The van der Waals surface area contributed by atoms with Crippen LogP contribution in [-0.4, -0.2) is 17.4 Å². The van der Waals surface area contributed by atoms with Gasteiger partial charge in [0.2, 0.25) is 0 Å². The van der Waals surface area contributed by atoms with Gasteiger partial charge in [0.15, 0.2) is 0 Å². The van der Waals surface area contributed by atoms with Crippen LogP contribution in [0.1, 0.15) is 16.8 Å². The van der Waals surface area contributed by atoms with Crippen LogP contribution < -0.4 is 10.5 Å². The molecule has 0 aliphatic rings. The van der Waals surface area contributed by atoms with Gasteiger partial charge in [0, 0.05) is 18.3 Å². The number of nitrogen functional groups attached to an aromatic ring is 1. The van der Waals surface area contributed by atoms with E-state index in [0.717, 1.165) is 17.7 Å². The van der Waals surface area contributed by atoms with Crippen molar-refractivity contribution in [3.63, 3.8) is 0 Å². The van der Waals surface area contributed by atoms with Crippen LogP contribution in [0.15, 0.2) is 42.6 Å². The fourth-order valence-corrected chi connectivity index (χ4v) is 1.79. The summed E-state index contributed by atoms with van der Waals surface area (Å²) in [6.07, 6.45) is 2.49. The van der Waals surface area contributed by atoms with Crippen LogP contribution in [0.2, 0.25) is 0 Å². The monoisotopic (exact) mass is 255 g/mol. The Morgan fingerprint density at radius 2 is 2.16 bits per heavy atom. The lowest BCUT2D eigenvalue weighted by Crippen LogP contribution is -2.14. The van der Waals surface area contributed by atoms with E-state index in [1.165, 1.54) is 0 Å². The summed E-state index contributed by atoms with van der Waals surface area (Å²) in [5.41, 5.74) is 8.24. The molecule has 1 aromatic heterocycles. The average molecular weight is 255 g/mol. The Bertz CT molecular complexity index is 567. The Balaban J connectivity index is 2.02. The first kappa shape index (κ1) is 13.1. The molecule has 2 aromatic rings. The van der Waals surface area contributed by atoms with E-state index in [1.54, 1.807) is 6.20 Å². The first-order chi connectivity index (χ1) is 9.16. The summed E-state index contributed by atoms with van der Waals surface area (Å²) in [5.74, 6) is 0.672. The third kappa shape index (κ3) is 3.55. The molecule has 3 N–H and O–H groups in total. The number of aryl methyl sites for hydroxylation is 1. The van der Waals surface area contributed by atoms with E-state index in [4.69, 9.17) is 15.9 Å². The second-order valence-corrected chi connectivity index (χ2v) is 4.33. The van der Waals surface area contributed by atoms with Crippen LogP contribution in [-0.2, 0) is 6.42 Å². The summed E-state index contributed by atoms with van der Waals surface area (Å²) in [6, 6.07) is 11.5. The van der Waals surface area contributed by atoms with Crippen LogP contribution in [0.25, 0.3) is 0 Å². The highest BCUT2D eigenvalue weighted by Crippen LogP contribution is 2.19. The van der Waals surface area contributed by atoms with Crippen molar-refractivity contribution in [3.05, 3.63) is 59.4 Å². The summed E-state index contributed by atoms with van der Waals surface area (Å²) in [5, 5.41) is 7.56. The first-order valence-corrected chi connectivity index (χ1v) is 6.14. The van der Waals surface area contributed by atoms with Gasteiger partial charge in [0.05, 0.1) is 12.2 Å². The van der Waals surface area contributed by atoms with Gasteiger partial charge < -0.3 is 10.5 Å². The molecule has 4 heteroatoms. The van der Waals surface area contributed by atoms with Gasteiger partial charge in [-0.3, -0.25) is 10.4 Å². The number of hydrogen-bond donors (Lipinski definition) is 2. The van der Waals surface area contributed by atoms with Gasteiger partial charge in [-0.1, -0.05) is 17.7 Å². The molecule has 1 heterocycles. The van der Waals surface area contributed by atoms with Crippen LogP contribution in [0.5, 0.6) is 5.75 Å². The Labute approximate surface area is 112 Å². The molecule has 0 bridgehead atoms. The molecule has 98 valence electrons. The highest BCUT2D eigenvalue weighted by molar-refractivity contribution is 5.97. The molecule has 2 rings (SSSR count). The fourth-order valence-electron chi connectivity index (χ4n) is 1.79. The van der Waals surface area contributed by atoms with Crippen LogP contribution >= 0.6 is 0 Å². The Kier molecular flexibility index (Phi) is 4.13. The highest BCUT2D eigenvalue weighted by atomic mass is 16.5. The number of nitrogens with one attached hydrogen (secondary N) is 1. The zero-order chi connectivity index (χ0) is 13.7. The molecule has 19 heavy (non-hydrogen) atoms. The van der Waals surface area contributed by atoms with E-state index in [-0.39, 0.29) is 5.84 Å². The second kappa shape index (κ2) is 6.00. The van der Waals surface area contributed by atoms with Gasteiger partial charge in [-0.2, -0.15) is 0 Å². The van der Waals surface area contributed by atoms with E-state index in [9.17, 15) is 0 Å². The maximum Gasteiger partial charge on any atom is 0.130 e. The average Bonchev–Trinajstić information content (AvgIpc) is 2.41. The number of aromatic nitrogens is 1. The molecule has 0 spiro atoms. The van der Waals surface area contributed by atoms with Crippen molar-refractivity contribution in [3.8, 4) is 5.75 Å². The number of nitrogens with two attached hydrogens (primary N) is 1. The minimum Gasteiger partial charge on any atom is -0.492 e. The van der Waals surface area contributed by atoms with E-state index >= 15 is 0 Å². The predicted molar refractivity (Wildman–Crippen MR) is 75.6 cm³/mol. The standard InChI is InChI=1S/C15H17N3O/c1-11-5-6-14(13(10-11)15(16)17)19-9-7-12-4-2-3-8-18-12/h2-6,8,10H,7,9H2,1H3,(H3,16,17). The summed E-state index contributed by atoms with van der Waals surface area (Å²) in [6.45, 7) is 2.48. The van der Waals surface area contributed by atoms with Gasteiger partial charge in [0.25, 0.3) is 0 Å². The number of pyridine rings is 1. The molecule has 0 atom stereocenters. The number of ether oxygens (including phenoxy) is 1. The van der Waals surface area contributed by atoms with Crippen molar-refractivity contribution in [1.29, 1.82) is 5.41 Å². The predicted octanol–water partition coefficient (Wildman–Crippen LogP) is 2.30. The van der Waals surface area contributed by atoms with Gasteiger partial charge in [-0.05, 0) is 31.2 Å². The lowest BCUT2D eigenvalue weighted by molar-refractivity contribution is 0.320. The fraction of sp³-hybridized carbons (Fsp3) is 0.200. The molecule has 0 unspecified atom stereocenters. The third-order valence-electron chi connectivity index (χ3n) is 2.77. The van der Waals surface area contributed by atoms with Crippen molar-refractivity contribution >= 4 is 5.84 Å². The zero-order valence-electron chi connectivity index (χ0n) is 10.9. The Morgan fingerprint density at radius 1 is 1.32 bits per heavy atom. The van der Waals surface area contributed by atoms with Crippen molar-refractivity contribution in [2.75, 3.05) is 6.61 Å². The zero-order valence-corrected chi connectivity index (χ0v) is 10.9. The molecule has 0 amide bonds. The van der Waals surface area contributed by atoms with Crippen LogP contribution in [0.3, 0.4) is 0 Å². The van der Waals surface area contributed by atoms with Crippen molar-refractivity contribution < 1.29 is 4.74 Å². The van der Waals surface area contributed by atoms with Crippen LogP contribution in [0, 0.1) is 12.3 Å². The molecule has 0 fully saturated rings. The number of hydrogen-bond acceptors (Lipinski definition) is 3. The Hall–Kier alpha value is -2.36. The molecule has 1 aromatic carbocycles. The van der Waals surface area contributed by atoms with Gasteiger partial charge in [0.1, 0.15) is 11.6 Å². The summed E-state index contributed by atoms with van der Waals surface area (Å²) < 4.78 is 5.70. The number of nitrogens with zero attached hydrogens (tertiary/aromatic N) is 1. The largest absolute Gasteiger partial charge is 0.492 e. The minimum atomic E-state index is 0.0246. The molecule has 0 saturated carbocycles. The number of amidine groups is 1. The van der Waals surface area contributed by atoms with Crippen molar-refractivity contribution in [1.82, 2.24) is 4.98 Å². The summed E-state index contributed by atoms with van der Waals surface area (Å²) in [7, 11) is 0. The minimum absolute atomic E-state index is 0.0246. The molecular formula is C15H17N3O. The van der Waals surface area contributed by atoms with E-state index in [2.05, 4.69) is 4.98 Å². The number of benzene rings is 1. The third-order valence-corrected chi connectivity index (χ3v) is 2.77. The van der Waals surface area contributed by atoms with Crippen molar-refractivity contribution in [2.24, 2.45) is 5.73 Å². The first-order valence-electron chi connectivity index (χ1n) is 6.14. The molecule has 0 radical (unpaired) electrons. The molecule has 4 nitrogen and oxygen atoms in total. The molecule has 0 aliphatic heterocycles. The summed E-state index contributed by atoms with van der Waals surface area (Å²) in [4.78, 5) is 4.23. The molecular weight excluding hydrogens is 238 g/mol. The molecule has 0 aliphatic carbocycles. The van der Waals surface area contributed by atoms with Gasteiger partial charge in [-0.25, -0.2) is 0 Å². The van der Waals surface area contributed by atoms with Crippen molar-refractivity contribution in [2.45, 2.75) is 13.3 Å². The van der Waals surface area contributed by atoms with E-state index in [0.29, 0.717) is 17.9 Å². The highest BCUT2D eigenvalue weighted by Gasteiger charge is 2.07. The molecule has 0 saturated heterocycles. The van der Waals surface area contributed by atoms with Gasteiger partial charge >= 0.3 is 0 Å². The Morgan fingerprint density at radius 3 is 2.84 bits per heavy atom.